The predicted molar refractivity (Wildman–Crippen MR) is 71.4 cm³/mol. The Kier molecular flexibility index (Phi) is 3.79. The van der Waals surface area contributed by atoms with Gasteiger partial charge in [-0.1, -0.05) is 0 Å². The maximum atomic E-state index is 12.4. The summed E-state index contributed by atoms with van der Waals surface area (Å²) in [5.41, 5.74) is -0.408. The molecule has 0 aliphatic carbocycles. The maximum absolute atomic E-state index is 12.4. The van der Waals surface area contributed by atoms with Gasteiger partial charge in [-0.2, -0.15) is 0 Å². The molecule has 0 unspecified atom stereocenters. The molecule has 0 radical (unpaired) electrons. The quantitative estimate of drug-likeness (QED) is 0.442. The minimum Gasteiger partial charge on any atom is -0.464 e. The normalized spacial score (nSPS) is 28.7. The maximum Gasteiger partial charge on any atom is 0.354 e. The summed E-state index contributed by atoms with van der Waals surface area (Å²) in [6, 6.07) is 0. The number of carbonyl (C=O) groups is 3. The zero-order chi connectivity index (χ0) is 15.1. The third-order valence-corrected chi connectivity index (χ3v) is 4.74. The zero-order valence-electron chi connectivity index (χ0n) is 11.7. The highest BCUT2D eigenvalue weighted by Gasteiger charge is 2.66. The molecule has 7 nitrogen and oxygen atoms in total. The van der Waals surface area contributed by atoms with Gasteiger partial charge in [0.15, 0.2) is 0 Å². The Morgan fingerprint density at radius 2 is 2.10 bits per heavy atom. The molecule has 2 rings (SSSR count). The lowest BCUT2D eigenvalue weighted by Crippen LogP contribution is -2.80. The van der Waals surface area contributed by atoms with Crippen LogP contribution in [0, 0.1) is 0 Å². The van der Waals surface area contributed by atoms with E-state index in [0.717, 1.165) is 5.57 Å². The molecule has 2 aliphatic rings. The van der Waals surface area contributed by atoms with E-state index in [0.29, 0.717) is 5.75 Å². The van der Waals surface area contributed by atoms with Crippen molar-refractivity contribution in [2.45, 2.75) is 24.9 Å². The molecule has 0 aromatic heterocycles. The van der Waals surface area contributed by atoms with Crippen LogP contribution in [-0.4, -0.2) is 53.8 Å². The number of hydrogen-bond donors (Lipinski definition) is 1. The van der Waals surface area contributed by atoms with Gasteiger partial charge >= 0.3 is 5.97 Å². The summed E-state index contributed by atoms with van der Waals surface area (Å²) in [7, 11) is 2.62. The third kappa shape index (κ3) is 1.90. The van der Waals surface area contributed by atoms with Crippen LogP contribution in [0.1, 0.15) is 13.8 Å². The molecule has 0 saturated carbocycles. The molecule has 2 amide bonds. The highest BCUT2D eigenvalue weighted by molar-refractivity contribution is 8.00. The molecule has 0 aromatic carbocycles. The van der Waals surface area contributed by atoms with Crippen LogP contribution in [0.25, 0.3) is 0 Å². The number of fused-ring (bicyclic) bond motifs is 1. The number of carbonyl (C=O) groups excluding carboxylic acids is 3. The average molecular weight is 300 g/mol. The third-order valence-electron chi connectivity index (χ3n) is 3.28. The van der Waals surface area contributed by atoms with Crippen molar-refractivity contribution >= 4 is 29.5 Å². The van der Waals surface area contributed by atoms with Crippen LogP contribution in [0.3, 0.4) is 0 Å². The fourth-order valence-corrected chi connectivity index (χ4v) is 3.77. The Labute approximate surface area is 120 Å². The molecule has 1 saturated heterocycles. The van der Waals surface area contributed by atoms with Gasteiger partial charge in [0.05, 0.1) is 7.11 Å². The van der Waals surface area contributed by atoms with Gasteiger partial charge in [-0.3, -0.25) is 14.5 Å². The fraction of sp³-hybridized carbons (Fsp3) is 0.583. The van der Waals surface area contributed by atoms with Crippen molar-refractivity contribution in [3.8, 4) is 0 Å². The molecule has 110 valence electrons. The molecule has 20 heavy (non-hydrogen) atoms. The number of amides is 2. The number of hydrogen-bond acceptors (Lipinski definition) is 6. The highest BCUT2D eigenvalue weighted by atomic mass is 32.2. The van der Waals surface area contributed by atoms with Crippen molar-refractivity contribution in [2.75, 3.05) is 20.0 Å². The van der Waals surface area contributed by atoms with E-state index >= 15 is 0 Å². The first kappa shape index (κ1) is 14.9. The summed E-state index contributed by atoms with van der Waals surface area (Å²) in [4.78, 5) is 36.8. The van der Waals surface area contributed by atoms with Gasteiger partial charge in [0.25, 0.3) is 11.6 Å². The molecular weight excluding hydrogens is 284 g/mol. The van der Waals surface area contributed by atoms with Crippen LogP contribution in [0.2, 0.25) is 0 Å². The fourth-order valence-electron chi connectivity index (χ4n) is 2.38. The lowest BCUT2D eigenvalue weighted by molar-refractivity contribution is -0.192. The lowest BCUT2D eigenvalue weighted by Gasteiger charge is -2.55. The first-order chi connectivity index (χ1) is 9.39. The monoisotopic (exact) mass is 300 g/mol. The van der Waals surface area contributed by atoms with Crippen molar-refractivity contribution in [3.63, 3.8) is 0 Å². The smallest absolute Gasteiger partial charge is 0.354 e. The Balaban J connectivity index is 2.37. The van der Waals surface area contributed by atoms with E-state index in [1.165, 1.54) is 37.8 Å². The van der Waals surface area contributed by atoms with Gasteiger partial charge < -0.3 is 14.8 Å². The van der Waals surface area contributed by atoms with E-state index < -0.39 is 23.0 Å². The van der Waals surface area contributed by atoms with Crippen LogP contribution in [0.15, 0.2) is 11.3 Å². The minimum atomic E-state index is -1.41. The Morgan fingerprint density at radius 3 is 2.60 bits per heavy atom. The minimum absolute atomic E-state index is 0.235. The van der Waals surface area contributed by atoms with E-state index in [2.05, 4.69) is 5.32 Å². The second-order valence-electron chi connectivity index (χ2n) is 4.58. The van der Waals surface area contributed by atoms with Crippen LogP contribution in [-0.2, 0) is 23.9 Å². The Hall–Kier alpha value is -1.54. The lowest BCUT2D eigenvalue weighted by atomic mass is 9.98. The summed E-state index contributed by atoms with van der Waals surface area (Å²) in [6.07, 6.45) is 0. The predicted octanol–water partition coefficient (Wildman–Crippen LogP) is -0.173. The first-order valence-electron chi connectivity index (χ1n) is 5.96. The van der Waals surface area contributed by atoms with Gasteiger partial charge in [-0.25, -0.2) is 4.79 Å². The molecule has 1 N–H and O–H groups in total. The molecule has 8 heteroatoms. The van der Waals surface area contributed by atoms with Crippen LogP contribution < -0.4 is 5.32 Å². The van der Waals surface area contributed by atoms with Crippen molar-refractivity contribution in [1.29, 1.82) is 0 Å². The molecule has 2 aliphatic heterocycles. The van der Waals surface area contributed by atoms with Gasteiger partial charge in [-0.15, -0.1) is 11.8 Å². The van der Waals surface area contributed by atoms with Crippen LogP contribution in [0.4, 0.5) is 0 Å². The number of methoxy groups -OCH3 is 2. The number of nitrogens with one attached hydrogen (secondary N) is 1. The standard InChI is InChI=1S/C12H16N2O5S/c1-6-5-20-11-12(19-4,13-7(2)15)10(17)14(11)8(6)9(16)18-3/h11H,5H2,1-4H3,(H,13,15)/t11-,12-/m0/s1. The molecule has 2 heterocycles. The second kappa shape index (κ2) is 5.10. The van der Waals surface area contributed by atoms with Crippen LogP contribution in [0.5, 0.6) is 0 Å². The summed E-state index contributed by atoms with van der Waals surface area (Å²) >= 11 is 1.43. The summed E-state index contributed by atoms with van der Waals surface area (Å²) < 4.78 is 9.96. The topological polar surface area (TPSA) is 84.9 Å². The van der Waals surface area contributed by atoms with Gasteiger partial charge in [0.2, 0.25) is 5.91 Å². The van der Waals surface area contributed by atoms with E-state index in [4.69, 9.17) is 9.47 Å². The van der Waals surface area contributed by atoms with Gasteiger partial charge in [0, 0.05) is 19.8 Å². The Bertz CT molecular complexity index is 518. The molecule has 0 spiro atoms. The molecule has 1 fully saturated rings. The first-order valence-corrected chi connectivity index (χ1v) is 7.01. The average Bonchev–Trinajstić information content (AvgIpc) is 2.42. The van der Waals surface area contributed by atoms with E-state index in [1.54, 1.807) is 6.92 Å². The van der Waals surface area contributed by atoms with E-state index in [1.807, 2.05) is 0 Å². The number of rotatable bonds is 3. The SMILES string of the molecule is COC(=O)C1=C(C)CS[C@@H]2N1C(=O)[C@]2(NC(C)=O)OC. The molecular formula is C12H16N2O5S. The Morgan fingerprint density at radius 1 is 1.45 bits per heavy atom. The van der Waals surface area contributed by atoms with Crippen molar-refractivity contribution < 1.29 is 23.9 Å². The highest BCUT2D eigenvalue weighted by Crippen LogP contribution is 2.46. The summed E-state index contributed by atoms with van der Waals surface area (Å²) in [5, 5.41) is 2.07. The second-order valence-corrected chi connectivity index (χ2v) is 5.65. The number of esters is 1. The number of ether oxygens (including phenoxy) is 2. The van der Waals surface area contributed by atoms with Crippen molar-refractivity contribution in [3.05, 3.63) is 11.3 Å². The van der Waals surface area contributed by atoms with Gasteiger partial charge in [0.1, 0.15) is 11.1 Å². The molecule has 2 atom stereocenters. The van der Waals surface area contributed by atoms with Crippen molar-refractivity contribution in [2.24, 2.45) is 0 Å². The van der Waals surface area contributed by atoms with Crippen LogP contribution >= 0.6 is 11.8 Å². The molecule has 0 aromatic rings. The number of β-lactam (4-membered cyclic amide) rings is 1. The van der Waals surface area contributed by atoms with Crippen molar-refractivity contribution in [1.82, 2.24) is 10.2 Å². The van der Waals surface area contributed by atoms with E-state index in [-0.39, 0.29) is 11.6 Å². The largest absolute Gasteiger partial charge is 0.464 e. The zero-order valence-corrected chi connectivity index (χ0v) is 12.5. The number of nitrogens with zero attached hydrogens (tertiary/aromatic N) is 1. The van der Waals surface area contributed by atoms with Gasteiger partial charge in [-0.05, 0) is 12.5 Å². The molecule has 0 bridgehead atoms. The summed E-state index contributed by atoms with van der Waals surface area (Å²) in [5.74, 6) is -0.837. The summed E-state index contributed by atoms with van der Waals surface area (Å²) in [6.45, 7) is 3.08. The van der Waals surface area contributed by atoms with E-state index in [9.17, 15) is 14.4 Å². The number of thioether (sulfide) groups is 1.